The number of imidazole rings is 1. The van der Waals surface area contributed by atoms with E-state index in [1.54, 1.807) is 36.5 Å². The third-order valence-corrected chi connectivity index (χ3v) is 6.23. The van der Waals surface area contributed by atoms with E-state index in [1.165, 1.54) is 10.2 Å². The van der Waals surface area contributed by atoms with E-state index in [-0.39, 0.29) is 4.90 Å². The molecule has 0 saturated heterocycles. The lowest BCUT2D eigenvalue weighted by molar-refractivity contribution is 0.588. The highest BCUT2D eigenvalue weighted by atomic mass is 79.9. The number of halogens is 1. The number of benzene rings is 1. The number of aryl methyl sites for hydroxylation is 2. The molecule has 0 N–H and O–H groups in total. The lowest BCUT2D eigenvalue weighted by atomic mass is 10.2. The van der Waals surface area contributed by atoms with Gasteiger partial charge >= 0.3 is 0 Å². The van der Waals surface area contributed by atoms with Crippen LogP contribution in [0.25, 0.3) is 16.7 Å². The lowest BCUT2D eigenvalue weighted by Gasteiger charge is -2.08. The van der Waals surface area contributed by atoms with Crippen molar-refractivity contribution < 1.29 is 8.42 Å². The van der Waals surface area contributed by atoms with Crippen LogP contribution in [0, 0.1) is 13.8 Å². The first kappa shape index (κ1) is 15.3. The predicted octanol–water partition coefficient (Wildman–Crippen LogP) is 3.30. The van der Waals surface area contributed by atoms with Gasteiger partial charge in [-0.25, -0.2) is 22.4 Å². The monoisotopic (exact) mass is 404 g/mol. The van der Waals surface area contributed by atoms with Crippen LogP contribution in [0.4, 0.5) is 0 Å². The number of aromatic nitrogens is 4. The summed E-state index contributed by atoms with van der Waals surface area (Å²) in [6, 6.07) is 8.51. The Balaban J connectivity index is 2.01. The molecule has 0 radical (unpaired) electrons. The second-order valence-electron chi connectivity index (χ2n) is 5.57. The van der Waals surface area contributed by atoms with Crippen molar-refractivity contribution in [1.82, 2.24) is 18.3 Å². The Kier molecular flexibility index (Phi) is 3.29. The van der Waals surface area contributed by atoms with E-state index in [0.717, 1.165) is 16.9 Å². The van der Waals surface area contributed by atoms with Crippen molar-refractivity contribution in [3.63, 3.8) is 0 Å². The fourth-order valence-electron chi connectivity index (χ4n) is 2.76. The Labute approximate surface area is 147 Å². The maximum absolute atomic E-state index is 12.9. The summed E-state index contributed by atoms with van der Waals surface area (Å²) in [7, 11) is -3.70. The molecule has 8 heteroatoms. The Hall–Kier alpha value is -2.19. The van der Waals surface area contributed by atoms with Crippen molar-refractivity contribution in [2.45, 2.75) is 18.7 Å². The van der Waals surface area contributed by atoms with E-state index in [9.17, 15) is 8.42 Å². The molecule has 0 bridgehead atoms. The normalized spacial score (nSPS) is 12.3. The molecule has 0 aliphatic carbocycles. The minimum Gasteiger partial charge on any atom is -0.291 e. The summed E-state index contributed by atoms with van der Waals surface area (Å²) in [5.74, 6) is 0.759. The first-order valence-corrected chi connectivity index (χ1v) is 9.46. The third-order valence-electron chi connectivity index (χ3n) is 3.97. The van der Waals surface area contributed by atoms with Gasteiger partial charge in [0.1, 0.15) is 10.4 Å². The van der Waals surface area contributed by atoms with Crippen LogP contribution in [0.1, 0.15) is 11.4 Å². The molecule has 24 heavy (non-hydrogen) atoms. The van der Waals surface area contributed by atoms with Crippen molar-refractivity contribution in [2.75, 3.05) is 0 Å². The third kappa shape index (κ3) is 2.10. The molecule has 4 rings (SSSR count). The summed E-state index contributed by atoms with van der Waals surface area (Å²) in [4.78, 5) is 8.94. The fourth-order valence-corrected chi connectivity index (χ4v) is 4.60. The van der Waals surface area contributed by atoms with Gasteiger partial charge in [0.15, 0.2) is 5.65 Å². The SMILES string of the molecule is Cc1ccc(S(=O)(=O)n2ccc3c2ncc2c(Br)nc(C)n23)cc1. The molecule has 0 unspecified atom stereocenters. The van der Waals surface area contributed by atoms with Crippen LogP contribution in [0.2, 0.25) is 0 Å². The van der Waals surface area contributed by atoms with Crippen LogP contribution in [0.3, 0.4) is 0 Å². The minimum atomic E-state index is -3.70. The van der Waals surface area contributed by atoms with Crippen LogP contribution < -0.4 is 0 Å². The molecular weight excluding hydrogens is 392 g/mol. The van der Waals surface area contributed by atoms with Gasteiger partial charge in [-0.2, -0.15) is 0 Å². The van der Waals surface area contributed by atoms with Crippen molar-refractivity contribution in [1.29, 1.82) is 0 Å². The molecule has 0 amide bonds. The highest BCUT2D eigenvalue weighted by molar-refractivity contribution is 9.10. The summed E-state index contributed by atoms with van der Waals surface area (Å²) >= 11 is 3.40. The van der Waals surface area contributed by atoms with E-state index in [0.29, 0.717) is 15.8 Å². The molecule has 1 aromatic carbocycles. The van der Waals surface area contributed by atoms with E-state index in [1.807, 2.05) is 18.2 Å². The summed E-state index contributed by atoms with van der Waals surface area (Å²) in [6.07, 6.45) is 3.15. The molecule has 4 aromatic rings. The van der Waals surface area contributed by atoms with Crippen molar-refractivity contribution in [3.8, 4) is 0 Å². The first-order chi connectivity index (χ1) is 11.4. The average molecular weight is 405 g/mol. The zero-order chi connectivity index (χ0) is 17.1. The molecule has 6 nitrogen and oxygen atoms in total. The van der Waals surface area contributed by atoms with Gasteiger partial charge in [0, 0.05) is 6.20 Å². The molecule has 0 atom stereocenters. The zero-order valence-electron chi connectivity index (χ0n) is 12.9. The van der Waals surface area contributed by atoms with E-state index >= 15 is 0 Å². The summed E-state index contributed by atoms with van der Waals surface area (Å²) in [5.41, 5.74) is 2.87. The zero-order valence-corrected chi connectivity index (χ0v) is 15.3. The molecule has 0 fully saturated rings. The first-order valence-electron chi connectivity index (χ1n) is 7.22. The number of fused-ring (bicyclic) bond motifs is 3. The van der Waals surface area contributed by atoms with Crippen LogP contribution >= 0.6 is 15.9 Å². The molecule has 3 heterocycles. The molecule has 0 aliphatic heterocycles. The lowest BCUT2D eigenvalue weighted by Crippen LogP contribution is -2.12. The van der Waals surface area contributed by atoms with Gasteiger partial charge in [-0.3, -0.25) is 4.40 Å². The highest BCUT2D eigenvalue weighted by Gasteiger charge is 2.21. The van der Waals surface area contributed by atoms with Gasteiger partial charge in [-0.15, -0.1) is 0 Å². The smallest absolute Gasteiger partial charge is 0.269 e. The molecular formula is C16H13BrN4O2S. The van der Waals surface area contributed by atoms with Gasteiger partial charge < -0.3 is 0 Å². The van der Waals surface area contributed by atoms with Crippen LogP contribution in [0.5, 0.6) is 0 Å². The summed E-state index contributed by atoms with van der Waals surface area (Å²) < 4.78 is 29.6. The molecule has 0 saturated carbocycles. The van der Waals surface area contributed by atoms with Crippen LogP contribution in [0.15, 0.2) is 52.2 Å². The van der Waals surface area contributed by atoms with Crippen molar-refractivity contribution in [3.05, 3.63) is 58.7 Å². The number of rotatable bonds is 2. The second-order valence-corrected chi connectivity index (χ2v) is 8.13. The fraction of sp³-hybridized carbons (Fsp3) is 0.125. The van der Waals surface area contributed by atoms with Gasteiger partial charge in [0.2, 0.25) is 0 Å². The van der Waals surface area contributed by atoms with Crippen LogP contribution in [-0.2, 0) is 10.0 Å². The van der Waals surface area contributed by atoms with Gasteiger partial charge in [-0.1, -0.05) is 17.7 Å². The van der Waals surface area contributed by atoms with E-state index in [2.05, 4.69) is 25.9 Å². The number of nitrogens with zero attached hydrogens (tertiary/aromatic N) is 4. The van der Waals surface area contributed by atoms with E-state index in [4.69, 9.17) is 0 Å². The largest absolute Gasteiger partial charge is 0.291 e. The maximum atomic E-state index is 12.9. The molecule has 122 valence electrons. The second kappa shape index (κ2) is 5.15. The van der Waals surface area contributed by atoms with Crippen LogP contribution in [-0.4, -0.2) is 26.8 Å². The maximum Gasteiger partial charge on any atom is 0.269 e. The van der Waals surface area contributed by atoms with Gasteiger partial charge in [0.05, 0.1) is 22.1 Å². The predicted molar refractivity (Wildman–Crippen MR) is 94.7 cm³/mol. The topological polar surface area (TPSA) is 69.3 Å². The Morgan fingerprint density at radius 3 is 2.46 bits per heavy atom. The number of hydrogen-bond acceptors (Lipinski definition) is 4. The van der Waals surface area contributed by atoms with E-state index < -0.39 is 10.0 Å². The Morgan fingerprint density at radius 1 is 1.04 bits per heavy atom. The molecule has 3 aromatic heterocycles. The molecule has 0 aliphatic rings. The van der Waals surface area contributed by atoms with Gasteiger partial charge in [-0.05, 0) is 48.0 Å². The van der Waals surface area contributed by atoms with Gasteiger partial charge in [0.25, 0.3) is 10.0 Å². The Morgan fingerprint density at radius 2 is 1.75 bits per heavy atom. The van der Waals surface area contributed by atoms with Crippen molar-refractivity contribution in [2.24, 2.45) is 0 Å². The quantitative estimate of drug-likeness (QED) is 0.513. The highest BCUT2D eigenvalue weighted by Crippen LogP contribution is 2.26. The summed E-state index contributed by atoms with van der Waals surface area (Å²) in [5, 5.41) is 0. The average Bonchev–Trinajstić information content (AvgIpc) is 3.09. The minimum absolute atomic E-state index is 0.232. The Bertz CT molecular complexity index is 1190. The number of hydrogen-bond donors (Lipinski definition) is 0. The summed E-state index contributed by atoms with van der Waals surface area (Å²) in [6.45, 7) is 3.78. The van der Waals surface area contributed by atoms with Crippen molar-refractivity contribution >= 4 is 42.6 Å². The standard InChI is InChI=1S/C16H13BrN4O2S/c1-10-3-5-12(6-4-10)24(22,23)20-8-7-13-16(20)18-9-14-15(17)19-11(2)21(13)14/h3-9H,1-2H3. The molecule has 0 spiro atoms.